The first-order valence-electron chi connectivity index (χ1n) is 6.95. The average molecular weight is 365 g/mol. The minimum Gasteiger partial charge on any atom is -0.495 e. The van der Waals surface area contributed by atoms with E-state index < -0.39 is 23.4 Å². The lowest BCUT2D eigenvalue weighted by molar-refractivity contribution is -0.384. The Morgan fingerprint density at radius 2 is 2.00 bits per heavy atom. The number of amides is 1. The summed E-state index contributed by atoms with van der Waals surface area (Å²) in [7, 11) is 1.47. The smallest absolute Gasteiger partial charge is 0.338 e. The minimum absolute atomic E-state index is 0.0190. The molecule has 0 atom stereocenters. The molecule has 1 amide bonds. The van der Waals surface area contributed by atoms with Gasteiger partial charge in [0.1, 0.15) is 5.75 Å². The van der Waals surface area contributed by atoms with E-state index in [1.54, 1.807) is 12.1 Å². The molecular formula is C16H13ClN2O6. The highest BCUT2D eigenvalue weighted by Gasteiger charge is 2.14. The van der Waals surface area contributed by atoms with Crippen LogP contribution in [0.2, 0.25) is 5.02 Å². The fourth-order valence-electron chi connectivity index (χ4n) is 1.90. The predicted molar refractivity (Wildman–Crippen MR) is 90.0 cm³/mol. The molecule has 0 heterocycles. The van der Waals surface area contributed by atoms with Crippen LogP contribution in [0.25, 0.3) is 0 Å². The van der Waals surface area contributed by atoms with Gasteiger partial charge in [0.25, 0.3) is 11.6 Å². The van der Waals surface area contributed by atoms with Crippen LogP contribution in [0, 0.1) is 10.1 Å². The number of hydrogen-bond donors (Lipinski definition) is 1. The number of benzene rings is 2. The van der Waals surface area contributed by atoms with E-state index in [1.165, 1.54) is 31.4 Å². The number of non-ortho nitro benzene ring substituents is 1. The van der Waals surface area contributed by atoms with E-state index in [0.717, 1.165) is 6.07 Å². The largest absolute Gasteiger partial charge is 0.495 e. The van der Waals surface area contributed by atoms with Gasteiger partial charge in [0.05, 0.1) is 22.6 Å². The number of carbonyl (C=O) groups excluding carboxylic acids is 2. The van der Waals surface area contributed by atoms with Crippen LogP contribution in [-0.4, -0.2) is 30.5 Å². The first-order valence-corrected chi connectivity index (χ1v) is 7.33. The van der Waals surface area contributed by atoms with Gasteiger partial charge in [-0.3, -0.25) is 14.9 Å². The van der Waals surface area contributed by atoms with Crippen LogP contribution in [0.1, 0.15) is 10.4 Å². The lowest BCUT2D eigenvalue weighted by Crippen LogP contribution is -2.21. The van der Waals surface area contributed by atoms with E-state index in [9.17, 15) is 19.7 Å². The molecule has 0 saturated heterocycles. The van der Waals surface area contributed by atoms with Gasteiger partial charge in [-0.15, -0.1) is 0 Å². The fourth-order valence-corrected chi connectivity index (χ4v) is 2.16. The third kappa shape index (κ3) is 4.92. The standard InChI is InChI=1S/C16H13ClN2O6/c1-24-14-6-5-11(8-13(14)17)18-15(20)9-25-16(21)10-3-2-4-12(7-10)19(22)23/h2-8H,9H2,1H3,(H,18,20). The molecule has 8 nitrogen and oxygen atoms in total. The van der Waals surface area contributed by atoms with Crippen molar-refractivity contribution in [1.29, 1.82) is 0 Å². The number of rotatable bonds is 6. The third-order valence-electron chi connectivity index (χ3n) is 3.06. The second-order valence-corrected chi connectivity index (χ2v) is 5.19. The second-order valence-electron chi connectivity index (χ2n) is 4.78. The summed E-state index contributed by atoms with van der Waals surface area (Å²) in [5.74, 6) is -0.969. The molecule has 0 radical (unpaired) electrons. The van der Waals surface area contributed by atoms with Gasteiger partial charge in [-0.1, -0.05) is 17.7 Å². The Balaban J connectivity index is 1.93. The van der Waals surface area contributed by atoms with E-state index in [1.807, 2.05) is 0 Å². The Labute approximate surface area is 147 Å². The maximum Gasteiger partial charge on any atom is 0.338 e. The molecule has 0 saturated carbocycles. The Morgan fingerprint density at radius 1 is 1.24 bits per heavy atom. The Bertz CT molecular complexity index is 824. The molecular weight excluding hydrogens is 352 g/mol. The maximum atomic E-state index is 11.9. The first-order chi connectivity index (χ1) is 11.9. The molecule has 130 valence electrons. The number of anilines is 1. The van der Waals surface area contributed by atoms with E-state index in [4.69, 9.17) is 21.1 Å². The predicted octanol–water partition coefficient (Wildman–Crippen LogP) is 3.05. The third-order valence-corrected chi connectivity index (χ3v) is 3.36. The van der Waals surface area contributed by atoms with Crippen molar-refractivity contribution in [1.82, 2.24) is 0 Å². The molecule has 0 aromatic heterocycles. The zero-order valence-electron chi connectivity index (χ0n) is 13.0. The summed E-state index contributed by atoms with van der Waals surface area (Å²) in [6, 6.07) is 9.67. The second kappa shape index (κ2) is 8.11. The highest BCUT2D eigenvalue weighted by molar-refractivity contribution is 6.32. The summed E-state index contributed by atoms with van der Waals surface area (Å²) >= 11 is 5.94. The normalized spacial score (nSPS) is 10.0. The number of methoxy groups -OCH3 is 1. The van der Waals surface area contributed by atoms with E-state index in [0.29, 0.717) is 16.5 Å². The summed E-state index contributed by atoms with van der Waals surface area (Å²) < 4.78 is 9.84. The van der Waals surface area contributed by atoms with Crippen LogP contribution >= 0.6 is 11.6 Å². The number of carbonyl (C=O) groups is 2. The molecule has 2 aromatic rings. The van der Waals surface area contributed by atoms with Crippen molar-refractivity contribution in [3.05, 3.63) is 63.2 Å². The van der Waals surface area contributed by atoms with Gasteiger partial charge < -0.3 is 14.8 Å². The SMILES string of the molecule is COc1ccc(NC(=O)COC(=O)c2cccc([N+](=O)[O-])c2)cc1Cl. The first kappa shape index (κ1) is 18.2. The van der Waals surface area contributed by atoms with Crippen LogP contribution < -0.4 is 10.1 Å². The van der Waals surface area contributed by atoms with Crippen molar-refractivity contribution in [3.8, 4) is 5.75 Å². The van der Waals surface area contributed by atoms with Gasteiger partial charge in [0, 0.05) is 17.8 Å². The number of nitrogens with zero attached hydrogens (tertiary/aromatic N) is 1. The summed E-state index contributed by atoms with van der Waals surface area (Å²) in [4.78, 5) is 33.7. The number of nitro benzene ring substituents is 1. The Morgan fingerprint density at radius 3 is 2.64 bits per heavy atom. The molecule has 2 rings (SSSR count). The van der Waals surface area contributed by atoms with Gasteiger partial charge in [0.2, 0.25) is 0 Å². The molecule has 0 aliphatic carbocycles. The van der Waals surface area contributed by atoms with Crippen molar-refractivity contribution in [2.75, 3.05) is 19.0 Å². The molecule has 0 spiro atoms. The van der Waals surface area contributed by atoms with E-state index in [2.05, 4.69) is 5.32 Å². The summed E-state index contributed by atoms with van der Waals surface area (Å²) in [5, 5.41) is 13.5. The zero-order chi connectivity index (χ0) is 18.4. The van der Waals surface area contributed by atoms with E-state index in [-0.39, 0.29) is 11.3 Å². The lowest BCUT2D eigenvalue weighted by Gasteiger charge is -2.08. The summed E-state index contributed by atoms with van der Waals surface area (Å²) in [6.45, 7) is -0.550. The number of nitro groups is 1. The Kier molecular flexibility index (Phi) is 5.91. The number of hydrogen-bond acceptors (Lipinski definition) is 6. The number of halogens is 1. The number of esters is 1. The molecule has 25 heavy (non-hydrogen) atoms. The molecule has 0 fully saturated rings. The number of nitrogens with one attached hydrogen (secondary N) is 1. The minimum atomic E-state index is -0.841. The van der Waals surface area contributed by atoms with Gasteiger partial charge in [-0.2, -0.15) is 0 Å². The lowest BCUT2D eigenvalue weighted by atomic mass is 10.2. The highest BCUT2D eigenvalue weighted by atomic mass is 35.5. The number of ether oxygens (including phenoxy) is 2. The van der Waals surface area contributed by atoms with Crippen molar-refractivity contribution in [3.63, 3.8) is 0 Å². The molecule has 1 N–H and O–H groups in total. The van der Waals surface area contributed by atoms with Crippen molar-refractivity contribution < 1.29 is 24.0 Å². The maximum absolute atomic E-state index is 11.9. The van der Waals surface area contributed by atoms with Gasteiger partial charge in [0.15, 0.2) is 6.61 Å². The monoisotopic (exact) mass is 364 g/mol. The van der Waals surface area contributed by atoms with Gasteiger partial charge in [-0.05, 0) is 24.3 Å². The van der Waals surface area contributed by atoms with Crippen molar-refractivity contribution >= 4 is 34.9 Å². The molecule has 0 unspecified atom stereocenters. The van der Waals surface area contributed by atoms with Crippen LogP contribution in [0.15, 0.2) is 42.5 Å². The Hall–Kier alpha value is -3.13. The van der Waals surface area contributed by atoms with Crippen molar-refractivity contribution in [2.24, 2.45) is 0 Å². The average Bonchev–Trinajstić information content (AvgIpc) is 2.60. The van der Waals surface area contributed by atoms with Gasteiger partial charge >= 0.3 is 5.97 Å². The molecule has 0 bridgehead atoms. The zero-order valence-corrected chi connectivity index (χ0v) is 13.8. The molecule has 2 aromatic carbocycles. The highest BCUT2D eigenvalue weighted by Crippen LogP contribution is 2.27. The topological polar surface area (TPSA) is 108 Å². The van der Waals surface area contributed by atoms with Gasteiger partial charge in [-0.25, -0.2) is 4.79 Å². The van der Waals surface area contributed by atoms with Crippen molar-refractivity contribution in [2.45, 2.75) is 0 Å². The molecule has 0 aliphatic rings. The molecule has 0 aliphatic heterocycles. The summed E-state index contributed by atoms with van der Waals surface area (Å²) in [5.41, 5.74) is 0.142. The fraction of sp³-hybridized carbons (Fsp3) is 0.125. The molecule has 9 heteroatoms. The van der Waals surface area contributed by atoms with E-state index >= 15 is 0 Å². The van der Waals surface area contributed by atoms with Crippen LogP contribution in [-0.2, 0) is 9.53 Å². The quantitative estimate of drug-likeness (QED) is 0.479. The van der Waals surface area contributed by atoms with Crippen LogP contribution in [0.4, 0.5) is 11.4 Å². The summed E-state index contributed by atoms with van der Waals surface area (Å²) in [6.07, 6.45) is 0. The van der Waals surface area contributed by atoms with Crippen LogP contribution in [0.5, 0.6) is 5.75 Å². The van der Waals surface area contributed by atoms with Crippen LogP contribution in [0.3, 0.4) is 0 Å².